The first kappa shape index (κ1) is 13.1. The molecular weight excluding hydrogens is 292 g/mol. The Kier molecular flexibility index (Phi) is 3.71. The van der Waals surface area contributed by atoms with Gasteiger partial charge in [-0.3, -0.25) is 4.79 Å². The molecule has 1 aromatic carbocycles. The molecule has 0 bridgehead atoms. The Morgan fingerprint density at radius 3 is 2.50 bits per heavy atom. The summed E-state index contributed by atoms with van der Waals surface area (Å²) >= 11 is 3.41. The molecule has 2 nitrogen and oxygen atoms in total. The molecule has 0 fully saturated rings. The van der Waals surface area contributed by atoms with Crippen molar-refractivity contribution in [3.05, 3.63) is 56.9 Å². The van der Waals surface area contributed by atoms with Crippen LogP contribution in [0.1, 0.15) is 33.0 Å². The first-order chi connectivity index (χ1) is 8.49. The van der Waals surface area contributed by atoms with Crippen LogP contribution < -0.4 is 0 Å². The maximum absolute atomic E-state index is 12.3. The van der Waals surface area contributed by atoms with Crippen molar-refractivity contribution in [3.63, 3.8) is 0 Å². The van der Waals surface area contributed by atoms with E-state index in [2.05, 4.69) is 15.9 Å². The van der Waals surface area contributed by atoms with E-state index in [-0.39, 0.29) is 5.78 Å². The van der Waals surface area contributed by atoms with Crippen LogP contribution in [0, 0.1) is 20.8 Å². The van der Waals surface area contributed by atoms with Crippen LogP contribution >= 0.6 is 15.9 Å². The Labute approximate surface area is 115 Å². The third-order valence-electron chi connectivity index (χ3n) is 3.09. The number of carbonyl (C=O) groups excluding carboxylic acids is 1. The number of ketones is 1. The molecule has 3 heteroatoms. The number of carbonyl (C=O) groups is 1. The summed E-state index contributed by atoms with van der Waals surface area (Å²) in [5.74, 6) is 1.65. The SMILES string of the molecule is Cc1oc(C)c(C(=O)Cc2cccc(Br)c2)c1C. The monoisotopic (exact) mass is 306 g/mol. The van der Waals surface area contributed by atoms with Gasteiger partial charge < -0.3 is 4.42 Å². The van der Waals surface area contributed by atoms with Crippen LogP contribution in [0.25, 0.3) is 0 Å². The first-order valence-corrected chi connectivity index (χ1v) is 6.62. The number of furan rings is 1. The molecule has 18 heavy (non-hydrogen) atoms. The molecular formula is C15H15BrO2. The maximum Gasteiger partial charge on any atom is 0.171 e. The fraction of sp³-hybridized carbons (Fsp3) is 0.267. The number of hydrogen-bond acceptors (Lipinski definition) is 2. The highest BCUT2D eigenvalue weighted by Crippen LogP contribution is 2.23. The average molecular weight is 307 g/mol. The molecule has 1 aromatic heterocycles. The average Bonchev–Trinajstić information content (AvgIpc) is 2.53. The van der Waals surface area contributed by atoms with Gasteiger partial charge >= 0.3 is 0 Å². The van der Waals surface area contributed by atoms with Gasteiger partial charge in [0.2, 0.25) is 0 Å². The molecule has 0 saturated carbocycles. The summed E-state index contributed by atoms with van der Waals surface area (Å²) in [7, 11) is 0. The molecule has 1 heterocycles. The number of benzene rings is 1. The minimum atomic E-state index is 0.111. The van der Waals surface area contributed by atoms with Crippen LogP contribution in [0.3, 0.4) is 0 Å². The summed E-state index contributed by atoms with van der Waals surface area (Å²) < 4.78 is 6.49. The summed E-state index contributed by atoms with van der Waals surface area (Å²) in [6.07, 6.45) is 0.403. The largest absolute Gasteiger partial charge is 0.466 e. The number of rotatable bonds is 3. The Bertz CT molecular complexity index is 597. The molecule has 0 unspecified atom stereocenters. The molecule has 2 rings (SSSR count). The number of aryl methyl sites for hydroxylation is 2. The van der Waals surface area contributed by atoms with E-state index in [1.807, 2.05) is 45.0 Å². The van der Waals surface area contributed by atoms with Crippen molar-refractivity contribution in [1.29, 1.82) is 0 Å². The Balaban J connectivity index is 2.27. The van der Waals surface area contributed by atoms with Crippen LogP contribution in [0.5, 0.6) is 0 Å². The summed E-state index contributed by atoms with van der Waals surface area (Å²) in [4.78, 5) is 12.3. The van der Waals surface area contributed by atoms with Crippen LogP contribution in [0.4, 0.5) is 0 Å². The van der Waals surface area contributed by atoms with Crippen LogP contribution in [-0.4, -0.2) is 5.78 Å². The van der Waals surface area contributed by atoms with Crippen molar-refractivity contribution in [1.82, 2.24) is 0 Å². The van der Waals surface area contributed by atoms with Gasteiger partial charge in [0, 0.05) is 16.5 Å². The van der Waals surface area contributed by atoms with E-state index in [1.165, 1.54) is 0 Å². The van der Waals surface area contributed by atoms with E-state index in [9.17, 15) is 4.79 Å². The highest BCUT2D eigenvalue weighted by atomic mass is 79.9. The molecule has 0 saturated heterocycles. The number of halogens is 1. The van der Waals surface area contributed by atoms with Crippen molar-refractivity contribution < 1.29 is 9.21 Å². The van der Waals surface area contributed by atoms with Crippen molar-refractivity contribution in [2.75, 3.05) is 0 Å². The Morgan fingerprint density at radius 2 is 1.94 bits per heavy atom. The highest BCUT2D eigenvalue weighted by molar-refractivity contribution is 9.10. The molecule has 0 spiro atoms. The lowest BCUT2D eigenvalue weighted by Gasteiger charge is -2.02. The quantitative estimate of drug-likeness (QED) is 0.787. The molecule has 0 N–H and O–H groups in total. The molecule has 0 radical (unpaired) electrons. The van der Waals surface area contributed by atoms with Crippen LogP contribution in [0.15, 0.2) is 33.2 Å². The van der Waals surface area contributed by atoms with Gasteiger partial charge in [-0.2, -0.15) is 0 Å². The summed E-state index contributed by atoms with van der Waals surface area (Å²) in [6, 6.07) is 7.81. The van der Waals surface area contributed by atoms with E-state index in [4.69, 9.17) is 4.42 Å². The van der Waals surface area contributed by atoms with Crippen molar-refractivity contribution in [2.24, 2.45) is 0 Å². The van der Waals surface area contributed by atoms with Gasteiger partial charge in [0.05, 0.1) is 5.56 Å². The Morgan fingerprint density at radius 1 is 1.22 bits per heavy atom. The van der Waals surface area contributed by atoms with Gasteiger partial charge in [0.1, 0.15) is 11.5 Å². The molecule has 0 aliphatic rings. The molecule has 0 aliphatic carbocycles. The van der Waals surface area contributed by atoms with E-state index < -0.39 is 0 Å². The van der Waals surface area contributed by atoms with E-state index in [0.29, 0.717) is 12.2 Å². The lowest BCUT2D eigenvalue weighted by Crippen LogP contribution is -2.05. The molecule has 94 valence electrons. The van der Waals surface area contributed by atoms with Crippen molar-refractivity contribution >= 4 is 21.7 Å². The summed E-state index contributed by atoms with van der Waals surface area (Å²) in [6.45, 7) is 5.66. The molecule has 0 atom stereocenters. The maximum atomic E-state index is 12.3. The van der Waals surface area contributed by atoms with E-state index >= 15 is 0 Å². The zero-order valence-corrected chi connectivity index (χ0v) is 12.3. The van der Waals surface area contributed by atoms with Gasteiger partial charge in [0.25, 0.3) is 0 Å². The third-order valence-corrected chi connectivity index (χ3v) is 3.59. The zero-order valence-electron chi connectivity index (χ0n) is 10.7. The summed E-state index contributed by atoms with van der Waals surface area (Å²) in [5.41, 5.74) is 2.69. The van der Waals surface area contributed by atoms with E-state index in [0.717, 1.165) is 26.9 Å². The lowest BCUT2D eigenvalue weighted by atomic mass is 10.00. The second kappa shape index (κ2) is 5.11. The van der Waals surface area contributed by atoms with E-state index in [1.54, 1.807) is 0 Å². The molecule has 0 amide bonds. The lowest BCUT2D eigenvalue weighted by molar-refractivity contribution is 0.0991. The smallest absolute Gasteiger partial charge is 0.171 e. The zero-order chi connectivity index (χ0) is 13.3. The minimum absolute atomic E-state index is 0.111. The summed E-state index contributed by atoms with van der Waals surface area (Å²) in [5, 5.41) is 0. The van der Waals surface area contributed by atoms with Gasteiger partial charge in [-0.1, -0.05) is 28.1 Å². The Hall–Kier alpha value is -1.35. The minimum Gasteiger partial charge on any atom is -0.466 e. The normalized spacial score (nSPS) is 10.7. The topological polar surface area (TPSA) is 30.2 Å². The fourth-order valence-corrected chi connectivity index (χ4v) is 2.57. The second-order valence-electron chi connectivity index (χ2n) is 4.44. The van der Waals surface area contributed by atoms with Gasteiger partial charge in [-0.05, 0) is 38.5 Å². The van der Waals surface area contributed by atoms with Crippen molar-refractivity contribution in [2.45, 2.75) is 27.2 Å². The number of Topliss-reactive ketones (excluding diaryl/α,β-unsaturated/α-hetero) is 1. The molecule has 0 aliphatic heterocycles. The fourth-order valence-electron chi connectivity index (χ4n) is 2.12. The van der Waals surface area contributed by atoms with Crippen LogP contribution in [-0.2, 0) is 6.42 Å². The van der Waals surface area contributed by atoms with Crippen LogP contribution in [0.2, 0.25) is 0 Å². The predicted octanol–water partition coefficient (Wildman–Crippen LogP) is 4.39. The predicted molar refractivity (Wildman–Crippen MR) is 75.1 cm³/mol. The van der Waals surface area contributed by atoms with Crippen molar-refractivity contribution in [3.8, 4) is 0 Å². The van der Waals surface area contributed by atoms with Gasteiger partial charge in [-0.15, -0.1) is 0 Å². The van der Waals surface area contributed by atoms with Gasteiger partial charge in [-0.25, -0.2) is 0 Å². The second-order valence-corrected chi connectivity index (χ2v) is 5.36. The molecule has 2 aromatic rings. The van der Waals surface area contributed by atoms with Gasteiger partial charge in [0.15, 0.2) is 5.78 Å². The standard InChI is InChI=1S/C15H15BrO2/c1-9-10(2)18-11(3)15(9)14(17)8-12-5-4-6-13(16)7-12/h4-7H,8H2,1-3H3. The third kappa shape index (κ3) is 2.56. The first-order valence-electron chi connectivity index (χ1n) is 5.83. The number of hydrogen-bond donors (Lipinski definition) is 0. The highest BCUT2D eigenvalue weighted by Gasteiger charge is 2.18.